The molecule has 1 aromatic carbocycles. The smallest absolute Gasteiger partial charge is 0.325 e. The van der Waals surface area contributed by atoms with Gasteiger partial charge in [0.1, 0.15) is 11.8 Å². The predicted molar refractivity (Wildman–Crippen MR) is 128 cm³/mol. The fourth-order valence-corrected chi connectivity index (χ4v) is 5.19. The second-order valence-electron chi connectivity index (χ2n) is 9.70. The lowest BCUT2D eigenvalue weighted by atomic mass is 9.73. The van der Waals surface area contributed by atoms with Gasteiger partial charge in [-0.2, -0.15) is 0 Å². The first-order valence-corrected chi connectivity index (χ1v) is 12.0. The minimum absolute atomic E-state index is 0.0594. The van der Waals surface area contributed by atoms with Gasteiger partial charge in [-0.3, -0.25) is 14.5 Å². The molecule has 1 aromatic heterocycles. The van der Waals surface area contributed by atoms with Gasteiger partial charge in [0, 0.05) is 26.1 Å². The molecule has 2 aliphatic heterocycles. The molecule has 3 heterocycles. The highest BCUT2D eigenvalue weighted by atomic mass is 16.3. The van der Waals surface area contributed by atoms with Crippen LogP contribution < -0.4 is 5.32 Å². The molecule has 2 fully saturated rings. The summed E-state index contributed by atoms with van der Waals surface area (Å²) < 4.78 is 5.06. The monoisotopic (exact) mass is 466 g/mol. The van der Waals surface area contributed by atoms with Gasteiger partial charge in [-0.05, 0) is 69.9 Å². The third-order valence-corrected chi connectivity index (χ3v) is 7.17. The normalized spacial score (nSPS) is 21.4. The third-order valence-electron chi connectivity index (χ3n) is 7.17. The number of hydrogen-bond donors (Lipinski definition) is 1. The number of aryl methyl sites for hydroxylation is 1. The summed E-state index contributed by atoms with van der Waals surface area (Å²) in [6.45, 7) is 4.31. The van der Waals surface area contributed by atoms with Crippen molar-refractivity contribution in [3.8, 4) is 0 Å². The Hall–Kier alpha value is -3.13. The Balaban J connectivity index is 1.55. The number of hydrogen-bond acceptors (Lipinski definition) is 5. The van der Waals surface area contributed by atoms with Gasteiger partial charge in [-0.15, -0.1) is 0 Å². The van der Waals surface area contributed by atoms with E-state index in [-0.39, 0.29) is 23.8 Å². The van der Waals surface area contributed by atoms with Gasteiger partial charge in [-0.25, -0.2) is 4.79 Å². The van der Waals surface area contributed by atoms with Crippen LogP contribution in [0.15, 0.2) is 47.3 Å². The number of amides is 4. The van der Waals surface area contributed by atoms with Crippen LogP contribution in [0, 0.1) is 12.8 Å². The van der Waals surface area contributed by atoms with Gasteiger partial charge >= 0.3 is 6.03 Å². The van der Waals surface area contributed by atoms with E-state index in [2.05, 4.69) is 5.32 Å². The molecule has 1 N–H and O–H groups in total. The van der Waals surface area contributed by atoms with E-state index in [4.69, 9.17) is 4.42 Å². The van der Waals surface area contributed by atoms with Crippen molar-refractivity contribution in [2.75, 3.05) is 40.3 Å². The summed E-state index contributed by atoms with van der Waals surface area (Å²) in [5.41, 5.74) is 1.70. The molecule has 1 atom stereocenters. The molecule has 0 radical (unpaired) electrons. The van der Waals surface area contributed by atoms with Crippen LogP contribution in [0.1, 0.15) is 40.7 Å². The van der Waals surface area contributed by atoms with Crippen molar-refractivity contribution in [1.29, 1.82) is 0 Å². The van der Waals surface area contributed by atoms with Crippen LogP contribution in [0.2, 0.25) is 0 Å². The fraction of sp³-hybridized carbons (Fsp3) is 0.500. The zero-order valence-corrected chi connectivity index (χ0v) is 20.3. The third kappa shape index (κ3) is 4.73. The maximum absolute atomic E-state index is 13.9. The number of nitrogens with one attached hydrogen (secondary N) is 1. The Labute approximate surface area is 200 Å². The van der Waals surface area contributed by atoms with Gasteiger partial charge in [0.25, 0.3) is 11.8 Å². The molecule has 34 heavy (non-hydrogen) atoms. The number of likely N-dealkylation sites (tertiary alicyclic amines) is 1. The summed E-state index contributed by atoms with van der Waals surface area (Å²) in [6.07, 6.45) is 5.42. The molecular formula is C26H34N4O4. The van der Waals surface area contributed by atoms with Gasteiger partial charge in [0.2, 0.25) is 0 Å². The van der Waals surface area contributed by atoms with E-state index in [0.717, 1.165) is 24.1 Å². The molecule has 2 saturated heterocycles. The van der Waals surface area contributed by atoms with Gasteiger partial charge in [0.15, 0.2) is 0 Å². The van der Waals surface area contributed by atoms with Crippen molar-refractivity contribution in [3.63, 3.8) is 0 Å². The van der Waals surface area contributed by atoms with Crippen LogP contribution in [0.3, 0.4) is 0 Å². The summed E-state index contributed by atoms with van der Waals surface area (Å²) in [6, 6.07) is 9.37. The highest BCUT2D eigenvalue weighted by molar-refractivity contribution is 6.07. The zero-order valence-electron chi connectivity index (χ0n) is 20.3. The molecule has 8 heteroatoms. The number of nitrogens with zero attached hydrogens (tertiary/aromatic N) is 3. The van der Waals surface area contributed by atoms with Crippen molar-refractivity contribution in [2.45, 2.75) is 38.1 Å². The van der Waals surface area contributed by atoms with Crippen molar-refractivity contribution in [2.24, 2.45) is 5.92 Å². The van der Waals surface area contributed by atoms with Crippen molar-refractivity contribution in [3.05, 3.63) is 59.5 Å². The number of benzene rings is 1. The van der Waals surface area contributed by atoms with Gasteiger partial charge in [-0.1, -0.05) is 24.3 Å². The number of piperidine rings is 1. The maximum atomic E-state index is 13.9. The number of imide groups is 1. The number of carbonyl (C=O) groups is 3. The largest absolute Gasteiger partial charge is 0.472 e. The SMILES string of the molecule is Cc1ccccc1C[C@]1(C2CCN(C(=O)c3ccoc3)CC2)NC(=O)N(CCCN(C)C)C1=O. The average Bonchev–Trinajstić information content (AvgIpc) is 3.44. The molecule has 0 spiro atoms. The van der Waals surface area contributed by atoms with E-state index in [9.17, 15) is 14.4 Å². The van der Waals surface area contributed by atoms with Crippen LogP contribution in [0.5, 0.6) is 0 Å². The quantitative estimate of drug-likeness (QED) is 0.605. The summed E-state index contributed by atoms with van der Waals surface area (Å²) in [4.78, 5) is 44.9. The molecule has 0 unspecified atom stereocenters. The molecule has 0 bridgehead atoms. The predicted octanol–water partition coefficient (Wildman–Crippen LogP) is 2.93. The first-order valence-electron chi connectivity index (χ1n) is 12.0. The molecule has 4 rings (SSSR count). The lowest BCUT2D eigenvalue weighted by Crippen LogP contribution is -2.58. The van der Waals surface area contributed by atoms with Gasteiger partial charge in [0.05, 0.1) is 11.8 Å². The molecule has 2 aliphatic rings. The minimum atomic E-state index is -0.994. The lowest BCUT2D eigenvalue weighted by molar-refractivity contribution is -0.134. The molecule has 4 amide bonds. The van der Waals surface area contributed by atoms with Crippen LogP contribution >= 0.6 is 0 Å². The molecule has 8 nitrogen and oxygen atoms in total. The standard InChI is InChI=1S/C26H34N4O4/c1-19-7-4-5-8-20(19)17-26(24(32)30(25(33)27-26)13-6-12-28(2)3)22-9-14-29(15-10-22)23(31)21-11-16-34-18-21/h4-5,7-8,11,16,18,22H,6,9-10,12-15,17H2,1-3H3,(H,27,33)/t26-/m1/s1. The van der Waals surface area contributed by atoms with E-state index >= 15 is 0 Å². The van der Waals surface area contributed by atoms with E-state index in [1.807, 2.05) is 50.2 Å². The summed E-state index contributed by atoms with van der Waals surface area (Å²) >= 11 is 0. The van der Waals surface area contributed by atoms with Crippen LogP contribution in [0.25, 0.3) is 0 Å². The first kappa shape index (κ1) is 24.0. The molecule has 2 aromatic rings. The van der Waals surface area contributed by atoms with Gasteiger partial charge < -0.3 is 19.5 Å². The zero-order chi connectivity index (χ0) is 24.3. The van der Waals surface area contributed by atoms with E-state index in [1.165, 1.54) is 17.4 Å². The summed E-state index contributed by atoms with van der Waals surface area (Å²) in [5, 5.41) is 3.13. The molecule has 0 saturated carbocycles. The van der Waals surface area contributed by atoms with Crippen LogP contribution in [-0.2, 0) is 11.2 Å². The highest BCUT2D eigenvalue weighted by Crippen LogP contribution is 2.37. The maximum Gasteiger partial charge on any atom is 0.325 e. The second-order valence-corrected chi connectivity index (χ2v) is 9.70. The highest BCUT2D eigenvalue weighted by Gasteiger charge is 2.56. The summed E-state index contributed by atoms with van der Waals surface area (Å²) in [7, 11) is 3.96. The lowest BCUT2D eigenvalue weighted by Gasteiger charge is -2.41. The number of rotatable bonds is 8. The Kier molecular flexibility index (Phi) is 7.07. The molecule has 182 valence electrons. The number of urea groups is 1. The molecule has 0 aliphatic carbocycles. The Morgan fingerprint density at radius 1 is 1.18 bits per heavy atom. The van der Waals surface area contributed by atoms with Crippen LogP contribution in [-0.4, -0.2) is 78.4 Å². The number of carbonyl (C=O) groups excluding carboxylic acids is 3. The van der Waals surface area contributed by atoms with Crippen molar-refractivity contribution < 1.29 is 18.8 Å². The second kappa shape index (κ2) is 10.0. The van der Waals surface area contributed by atoms with Crippen molar-refractivity contribution in [1.82, 2.24) is 20.0 Å². The van der Waals surface area contributed by atoms with Crippen molar-refractivity contribution >= 4 is 17.8 Å². The van der Waals surface area contributed by atoms with E-state index in [1.54, 1.807) is 11.0 Å². The summed E-state index contributed by atoms with van der Waals surface area (Å²) in [5.74, 6) is -0.262. The average molecular weight is 467 g/mol. The minimum Gasteiger partial charge on any atom is -0.472 e. The topological polar surface area (TPSA) is 86.1 Å². The molecular weight excluding hydrogens is 432 g/mol. The van der Waals surface area contributed by atoms with Crippen LogP contribution in [0.4, 0.5) is 4.79 Å². The Bertz CT molecular complexity index is 1030. The van der Waals surface area contributed by atoms with E-state index < -0.39 is 5.54 Å². The fourth-order valence-electron chi connectivity index (χ4n) is 5.19. The van der Waals surface area contributed by atoms with E-state index in [0.29, 0.717) is 44.5 Å². The number of furan rings is 1. The Morgan fingerprint density at radius 3 is 2.56 bits per heavy atom. The first-order chi connectivity index (χ1) is 16.3. The Morgan fingerprint density at radius 2 is 1.91 bits per heavy atom.